The third-order valence-corrected chi connectivity index (χ3v) is 3.77. The van der Waals surface area contributed by atoms with Crippen LogP contribution in [0.4, 0.5) is 0 Å². The summed E-state index contributed by atoms with van der Waals surface area (Å²) in [5.41, 5.74) is 2.29. The van der Waals surface area contributed by atoms with Crippen molar-refractivity contribution in [2.24, 2.45) is 5.92 Å². The minimum Gasteiger partial charge on any atom is -0.337 e. The van der Waals surface area contributed by atoms with E-state index >= 15 is 0 Å². The molecule has 1 amide bonds. The Kier molecular flexibility index (Phi) is 1.63. The van der Waals surface area contributed by atoms with Crippen LogP contribution < -0.4 is 0 Å². The lowest BCUT2D eigenvalue weighted by Gasteiger charge is -2.29. The Morgan fingerprint density at radius 2 is 2.15 bits per heavy atom. The van der Waals surface area contributed by atoms with E-state index in [9.17, 15) is 4.79 Å². The van der Waals surface area contributed by atoms with Gasteiger partial charge in [-0.1, -0.05) is 6.92 Å². The Morgan fingerprint density at radius 1 is 1.54 bits per heavy atom. The number of carbonyl (C=O) groups is 1. The number of fused-ring (bicyclic) bond motifs is 1. The molecule has 1 saturated heterocycles. The van der Waals surface area contributed by atoms with Crippen LogP contribution in [-0.2, 0) is 4.79 Å². The van der Waals surface area contributed by atoms with E-state index in [0.29, 0.717) is 5.92 Å². The van der Waals surface area contributed by atoms with E-state index in [1.807, 2.05) is 11.8 Å². The van der Waals surface area contributed by atoms with Gasteiger partial charge < -0.3 is 4.90 Å². The highest BCUT2D eigenvalue weighted by atomic mass is 16.2. The van der Waals surface area contributed by atoms with Crippen LogP contribution in [0.5, 0.6) is 0 Å². The molecule has 2 nitrogen and oxygen atoms in total. The molecule has 2 aliphatic rings. The summed E-state index contributed by atoms with van der Waals surface area (Å²) < 4.78 is 0. The van der Waals surface area contributed by atoms with E-state index < -0.39 is 0 Å². The van der Waals surface area contributed by atoms with E-state index in [1.54, 1.807) is 0 Å². The Hall–Kier alpha value is -0.725. The van der Waals surface area contributed by atoms with Crippen LogP contribution >= 0.6 is 0 Å². The zero-order valence-electron chi connectivity index (χ0n) is 8.85. The minimum atomic E-state index is 0.0422. The van der Waals surface area contributed by atoms with Gasteiger partial charge in [0.25, 0.3) is 0 Å². The third-order valence-electron chi connectivity index (χ3n) is 3.77. The van der Waals surface area contributed by atoms with Gasteiger partial charge in [0.15, 0.2) is 0 Å². The highest BCUT2D eigenvalue weighted by molar-refractivity contribution is 6.22. The minimum absolute atomic E-state index is 0.0422. The summed E-state index contributed by atoms with van der Waals surface area (Å²) in [6, 6.07) is 0. The maximum Gasteiger partial charge on any atom is 0.249 e. The molecule has 2 heterocycles. The summed E-state index contributed by atoms with van der Waals surface area (Å²) in [6.07, 6.45) is 1.13. The number of hydrogen-bond donors (Lipinski definition) is 0. The molecule has 2 unspecified atom stereocenters. The molecule has 1 fully saturated rings. The maximum absolute atomic E-state index is 11.8. The Morgan fingerprint density at radius 3 is 2.69 bits per heavy atom. The normalized spacial score (nSPS) is 38.8. The van der Waals surface area contributed by atoms with E-state index in [4.69, 9.17) is 0 Å². The van der Waals surface area contributed by atoms with Crippen molar-refractivity contribution in [1.29, 1.82) is 0 Å². The van der Waals surface area contributed by atoms with Crippen LogP contribution in [0.25, 0.3) is 0 Å². The zero-order valence-corrected chi connectivity index (χ0v) is 8.85. The second-order valence-electron chi connectivity index (χ2n) is 4.75. The van der Waals surface area contributed by atoms with Crippen molar-refractivity contribution in [3.05, 3.63) is 11.1 Å². The van der Waals surface area contributed by atoms with E-state index in [1.165, 1.54) is 5.57 Å². The summed E-state index contributed by atoms with van der Waals surface area (Å²) in [7, 11) is 2.19. The molecule has 2 rings (SSSR count). The summed E-state index contributed by atoms with van der Waals surface area (Å²) in [5.74, 6) is 0.904. The Labute approximate surface area is 80.4 Å². The lowest BCUT2D eigenvalue weighted by atomic mass is 9.70. The highest BCUT2D eigenvalue weighted by Gasteiger charge is 2.49. The second-order valence-corrected chi connectivity index (χ2v) is 4.75. The highest BCUT2D eigenvalue weighted by Crippen LogP contribution is 2.42. The lowest BCUT2D eigenvalue weighted by molar-refractivity contribution is -0.126. The van der Waals surface area contributed by atoms with Crippen molar-refractivity contribution < 1.29 is 4.79 Å². The molecule has 13 heavy (non-hydrogen) atoms. The monoisotopic (exact) mass is 177 g/mol. The van der Waals surface area contributed by atoms with Crippen LogP contribution in [0.3, 0.4) is 0 Å². The topological polar surface area (TPSA) is 20.3 Å². The Balaban J connectivity index is 2.45. The standard InChI is InChI=1S/C10H16BNO/c1-6-4-10(11)8(3)7(2)9(13)12(10)5-6/h6H,4-5,11H2,1-3H3. The summed E-state index contributed by atoms with van der Waals surface area (Å²) in [4.78, 5) is 13.9. The second kappa shape index (κ2) is 2.40. The average molecular weight is 177 g/mol. The van der Waals surface area contributed by atoms with Gasteiger partial charge in [0.1, 0.15) is 7.85 Å². The molecule has 3 heteroatoms. The summed E-state index contributed by atoms with van der Waals surface area (Å²) in [5, 5.41) is 0. The smallest absolute Gasteiger partial charge is 0.249 e. The lowest BCUT2D eigenvalue weighted by Crippen LogP contribution is -2.43. The van der Waals surface area contributed by atoms with Crippen molar-refractivity contribution in [2.45, 2.75) is 32.6 Å². The molecule has 0 aliphatic carbocycles. The fraction of sp³-hybridized carbons (Fsp3) is 0.700. The van der Waals surface area contributed by atoms with Crippen molar-refractivity contribution in [3.63, 3.8) is 0 Å². The average Bonchev–Trinajstić information content (AvgIpc) is 2.44. The van der Waals surface area contributed by atoms with Crippen molar-refractivity contribution in [2.75, 3.05) is 6.54 Å². The predicted molar refractivity (Wildman–Crippen MR) is 55.1 cm³/mol. The molecular weight excluding hydrogens is 161 g/mol. The number of hydrogen-bond acceptors (Lipinski definition) is 1. The number of amides is 1. The number of nitrogens with zero attached hydrogens (tertiary/aromatic N) is 1. The molecule has 0 radical (unpaired) electrons. The molecule has 0 aromatic carbocycles. The van der Waals surface area contributed by atoms with Gasteiger partial charge in [0, 0.05) is 17.6 Å². The zero-order chi connectivity index (χ0) is 9.80. The molecule has 70 valence electrons. The number of carbonyl (C=O) groups excluding carboxylic acids is 1. The molecule has 0 aromatic heterocycles. The van der Waals surface area contributed by atoms with Crippen molar-refractivity contribution >= 4 is 13.8 Å². The first kappa shape index (κ1) is 8.85. The summed E-state index contributed by atoms with van der Waals surface area (Å²) in [6.45, 7) is 7.21. The van der Waals surface area contributed by atoms with Gasteiger partial charge in [-0.15, -0.1) is 0 Å². The molecule has 0 bridgehead atoms. The van der Waals surface area contributed by atoms with Crippen LogP contribution in [-0.4, -0.2) is 30.6 Å². The van der Waals surface area contributed by atoms with E-state index in [0.717, 1.165) is 18.5 Å². The Bertz CT molecular complexity index is 310. The van der Waals surface area contributed by atoms with Crippen LogP contribution in [0.1, 0.15) is 27.2 Å². The summed E-state index contributed by atoms with van der Waals surface area (Å²) >= 11 is 0. The van der Waals surface area contributed by atoms with Crippen LogP contribution in [0, 0.1) is 5.92 Å². The van der Waals surface area contributed by atoms with Crippen molar-refractivity contribution in [1.82, 2.24) is 4.90 Å². The molecule has 2 atom stereocenters. The van der Waals surface area contributed by atoms with Gasteiger partial charge >= 0.3 is 0 Å². The van der Waals surface area contributed by atoms with Gasteiger partial charge in [-0.3, -0.25) is 4.79 Å². The van der Waals surface area contributed by atoms with Gasteiger partial charge in [-0.05, 0) is 31.8 Å². The molecule has 0 N–H and O–H groups in total. The first-order valence-electron chi connectivity index (χ1n) is 4.96. The molecule has 0 saturated carbocycles. The first-order valence-corrected chi connectivity index (χ1v) is 4.96. The predicted octanol–water partition coefficient (Wildman–Crippen LogP) is 0.534. The quantitative estimate of drug-likeness (QED) is 0.494. The third kappa shape index (κ3) is 0.931. The fourth-order valence-corrected chi connectivity index (χ4v) is 2.80. The van der Waals surface area contributed by atoms with Crippen LogP contribution in [0.15, 0.2) is 11.1 Å². The van der Waals surface area contributed by atoms with E-state index in [2.05, 4.69) is 21.7 Å². The van der Waals surface area contributed by atoms with Gasteiger partial charge in [0.2, 0.25) is 5.91 Å². The maximum atomic E-state index is 11.8. The van der Waals surface area contributed by atoms with Gasteiger partial charge in [-0.2, -0.15) is 0 Å². The van der Waals surface area contributed by atoms with Gasteiger partial charge in [-0.25, -0.2) is 0 Å². The fourth-order valence-electron chi connectivity index (χ4n) is 2.80. The van der Waals surface area contributed by atoms with Crippen LogP contribution in [0.2, 0.25) is 0 Å². The molecular formula is C10H16BNO. The SMILES string of the molecule is BC12CC(C)CN1C(=O)C(C)=C2C. The number of rotatable bonds is 0. The molecule has 2 aliphatic heterocycles. The van der Waals surface area contributed by atoms with E-state index in [-0.39, 0.29) is 11.3 Å². The molecule has 0 spiro atoms. The van der Waals surface area contributed by atoms with Gasteiger partial charge in [0.05, 0.1) is 0 Å². The largest absolute Gasteiger partial charge is 0.337 e. The molecule has 0 aromatic rings. The van der Waals surface area contributed by atoms with Crippen molar-refractivity contribution in [3.8, 4) is 0 Å². The first-order chi connectivity index (χ1) is 5.97.